The Morgan fingerprint density at radius 2 is 1.62 bits per heavy atom. The van der Waals surface area contributed by atoms with E-state index in [-0.39, 0.29) is 0 Å². The lowest BCUT2D eigenvalue weighted by Gasteiger charge is -1.99. The van der Waals surface area contributed by atoms with Crippen molar-refractivity contribution >= 4 is 18.4 Å². The fraction of sp³-hybridized carbons (Fsp3) is 0.909. The maximum atomic E-state index is 11.3. The van der Waals surface area contributed by atoms with Crippen LogP contribution in [0.25, 0.3) is 0 Å². The Morgan fingerprint density at radius 3 is 2.15 bits per heavy atom. The molecule has 0 aliphatic carbocycles. The van der Waals surface area contributed by atoms with Gasteiger partial charge in [-0.1, -0.05) is 26.2 Å². The molecule has 78 valence electrons. The summed E-state index contributed by atoms with van der Waals surface area (Å²) in [4.78, 5) is 11.3. The van der Waals surface area contributed by atoms with E-state index < -0.39 is 0 Å². The molecule has 0 spiro atoms. The lowest BCUT2D eigenvalue weighted by molar-refractivity contribution is -0.119. The highest BCUT2D eigenvalue weighted by atomic mass is 32.1. The molecular weight excluding hydrogens is 180 g/mol. The molecule has 0 unspecified atom stereocenters. The first-order chi connectivity index (χ1) is 6.31. The molecule has 0 radical (unpaired) electrons. The number of Topliss-reactive ketones (excluding diaryl/α,β-unsaturated/α-hetero) is 1. The minimum Gasteiger partial charge on any atom is -0.300 e. The fourth-order valence-electron chi connectivity index (χ4n) is 1.31. The summed E-state index contributed by atoms with van der Waals surface area (Å²) in [6.07, 6.45) is 8.43. The van der Waals surface area contributed by atoms with Crippen LogP contribution in [0, 0.1) is 0 Å². The largest absolute Gasteiger partial charge is 0.300 e. The van der Waals surface area contributed by atoms with Gasteiger partial charge in [-0.05, 0) is 25.0 Å². The van der Waals surface area contributed by atoms with Crippen molar-refractivity contribution in [3.63, 3.8) is 0 Å². The van der Waals surface area contributed by atoms with Gasteiger partial charge < -0.3 is 0 Å². The maximum absolute atomic E-state index is 11.3. The normalized spacial score (nSPS) is 10.3. The summed E-state index contributed by atoms with van der Waals surface area (Å²) in [5.74, 6) is 1.40. The second-order valence-corrected chi connectivity index (χ2v) is 3.98. The van der Waals surface area contributed by atoms with Crippen molar-refractivity contribution in [3.05, 3.63) is 0 Å². The van der Waals surface area contributed by atoms with E-state index in [4.69, 9.17) is 0 Å². The summed E-state index contributed by atoms with van der Waals surface area (Å²) in [7, 11) is 0. The third-order valence-electron chi connectivity index (χ3n) is 2.17. The zero-order valence-electron chi connectivity index (χ0n) is 8.72. The Balaban J connectivity index is 3.11. The summed E-state index contributed by atoms with van der Waals surface area (Å²) in [6, 6.07) is 0. The predicted molar refractivity (Wildman–Crippen MR) is 61.5 cm³/mol. The van der Waals surface area contributed by atoms with Gasteiger partial charge in [0.15, 0.2) is 0 Å². The Hall–Kier alpha value is 0.0200. The van der Waals surface area contributed by atoms with Gasteiger partial charge in [-0.15, -0.1) is 0 Å². The number of thiol groups is 1. The number of hydrogen-bond acceptors (Lipinski definition) is 2. The summed E-state index contributed by atoms with van der Waals surface area (Å²) >= 11 is 4.13. The summed E-state index contributed by atoms with van der Waals surface area (Å²) in [5, 5.41) is 0. The SMILES string of the molecule is CCCCCC(=O)CCCCCS. The van der Waals surface area contributed by atoms with E-state index in [0.29, 0.717) is 5.78 Å². The lowest BCUT2D eigenvalue weighted by Crippen LogP contribution is -1.97. The van der Waals surface area contributed by atoms with Crippen molar-refractivity contribution in [1.29, 1.82) is 0 Å². The third kappa shape index (κ3) is 9.94. The molecule has 0 bridgehead atoms. The topological polar surface area (TPSA) is 17.1 Å². The summed E-state index contributed by atoms with van der Waals surface area (Å²) in [6.45, 7) is 2.16. The molecule has 13 heavy (non-hydrogen) atoms. The van der Waals surface area contributed by atoms with Gasteiger partial charge >= 0.3 is 0 Å². The van der Waals surface area contributed by atoms with Crippen molar-refractivity contribution < 1.29 is 4.79 Å². The highest BCUT2D eigenvalue weighted by Crippen LogP contribution is 2.06. The van der Waals surface area contributed by atoms with Crippen LogP contribution in [0.4, 0.5) is 0 Å². The molecule has 2 heteroatoms. The predicted octanol–water partition coefficient (Wildman–Crippen LogP) is 3.63. The second-order valence-electron chi connectivity index (χ2n) is 3.53. The van der Waals surface area contributed by atoms with Crippen molar-refractivity contribution in [2.24, 2.45) is 0 Å². The van der Waals surface area contributed by atoms with Gasteiger partial charge in [0.05, 0.1) is 0 Å². The van der Waals surface area contributed by atoms with E-state index in [0.717, 1.165) is 44.3 Å². The van der Waals surface area contributed by atoms with Crippen LogP contribution in [-0.2, 0) is 4.79 Å². The van der Waals surface area contributed by atoms with Crippen molar-refractivity contribution in [2.75, 3.05) is 5.75 Å². The van der Waals surface area contributed by atoms with Gasteiger partial charge in [0.25, 0.3) is 0 Å². The first-order valence-electron chi connectivity index (χ1n) is 5.43. The third-order valence-corrected chi connectivity index (χ3v) is 2.49. The van der Waals surface area contributed by atoms with Crippen LogP contribution in [0.2, 0.25) is 0 Å². The van der Waals surface area contributed by atoms with Crippen molar-refractivity contribution in [3.8, 4) is 0 Å². The van der Waals surface area contributed by atoms with Crippen LogP contribution in [0.5, 0.6) is 0 Å². The van der Waals surface area contributed by atoms with E-state index in [2.05, 4.69) is 19.6 Å². The minimum atomic E-state index is 0.451. The quantitative estimate of drug-likeness (QED) is 0.446. The van der Waals surface area contributed by atoms with Crippen molar-refractivity contribution in [1.82, 2.24) is 0 Å². The fourth-order valence-corrected chi connectivity index (χ4v) is 1.53. The number of ketones is 1. The molecule has 0 aromatic carbocycles. The molecule has 0 aromatic rings. The molecule has 0 aliphatic heterocycles. The van der Waals surface area contributed by atoms with Gasteiger partial charge in [-0.25, -0.2) is 0 Å². The second kappa shape index (κ2) is 10.1. The van der Waals surface area contributed by atoms with Crippen LogP contribution in [0.3, 0.4) is 0 Å². The zero-order valence-corrected chi connectivity index (χ0v) is 9.61. The smallest absolute Gasteiger partial charge is 0.132 e. The monoisotopic (exact) mass is 202 g/mol. The van der Waals surface area contributed by atoms with Crippen LogP contribution in [0.1, 0.15) is 58.3 Å². The number of rotatable bonds is 9. The number of carbonyl (C=O) groups is 1. The Labute approximate surface area is 87.7 Å². The Morgan fingerprint density at radius 1 is 1.00 bits per heavy atom. The van der Waals surface area contributed by atoms with Gasteiger partial charge in [0.1, 0.15) is 5.78 Å². The van der Waals surface area contributed by atoms with Gasteiger partial charge in [-0.2, -0.15) is 12.6 Å². The molecule has 0 fully saturated rings. The number of hydrogen-bond donors (Lipinski definition) is 1. The Kier molecular flexibility index (Phi) is 10.1. The van der Waals surface area contributed by atoms with Crippen molar-refractivity contribution in [2.45, 2.75) is 58.3 Å². The van der Waals surface area contributed by atoms with Crippen LogP contribution in [-0.4, -0.2) is 11.5 Å². The molecule has 0 saturated heterocycles. The standard InChI is InChI=1S/C11H22OS/c1-2-3-5-8-11(12)9-6-4-7-10-13/h13H,2-10H2,1H3. The number of unbranched alkanes of at least 4 members (excludes halogenated alkanes) is 4. The number of carbonyl (C=O) groups excluding carboxylic acids is 1. The molecule has 1 nitrogen and oxygen atoms in total. The van der Waals surface area contributed by atoms with Crippen LogP contribution in [0.15, 0.2) is 0 Å². The molecular formula is C11H22OS. The highest BCUT2D eigenvalue weighted by Gasteiger charge is 2.00. The molecule has 0 aromatic heterocycles. The van der Waals surface area contributed by atoms with Crippen LogP contribution >= 0.6 is 12.6 Å². The first-order valence-corrected chi connectivity index (χ1v) is 6.07. The van der Waals surface area contributed by atoms with E-state index in [1.54, 1.807) is 0 Å². The average Bonchev–Trinajstić information content (AvgIpc) is 2.13. The minimum absolute atomic E-state index is 0.451. The molecule has 0 heterocycles. The van der Waals surface area contributed by atoms with E-state index in [1.165, 1.54) is 12.8 Å². The highest BCUT2D eigenvalue weighted by molar-refractivity contribution is 7.80. The maximum Gasteiger partial charge on any atom is 0.132 e. The zero-order chi connectivity index (χ0) is 9.94. The van der Waals surface area contributed by atoms with E-state index in [1.807, 2.05) is 0 Å². The van der Waals surface area contributed by atoms with E-state index >= 15 is 0 Å². The Bertz CT molecular complexity index is 123. The lowest BCUT2D eigenvalue weighted by atomic mass is 10.1. The van der Waals surface area contributed by atoms with Crippen LogP contribution < -0.4 is 0 Å². The summed E-state index contributed by atoms with van der Waals surface area (Å²) < 4.78 is 0. The summed E-state index contributed by atoms with van der Waals surface area (Å²) in [5.41, 5.74) is 0. The van der Waals surface area contributed by atoms with Gasteiger partial charge in [0.2, 0.25) is 0 Å². The molecule has 0 rings (SSSR count). The first kappa shape index (κ1) is 13.0. The van der Waals surface area contributed by atoms with Gasteiger partial charge in [0, 0.05) is 12.8 Å². The average molecular weight is 202 g/mol. The van der Waals surface area contributed by atoms with Gasteiger partial charge in [-0.3, -0.25) is 4.79 Å². The molecule has 0 aliphatic rings. The molecule has 0 N–H and O–H groups in total. The molecule has 0 atom stereocenters. The molecule has 0 saturated carbocycles. The van der Waals surface area contributed by atoms with E-state index in [9.17, 15) is 4.79 Å². The molecule has 0 amide bonds.